The first-order valence-corrected chi connectivity index (χ1v) is 7.09. The van der Waals surface area contributed by atoms with Crippen molar-refractivity contribution in [2.24, 2.45) is 0 Å². The Morgan fingerprint density at radius 1 is 1.45 bits per heavy atom. The predicted octanol–water partition coefficient (Wildman–Crippen LogP) is 3.19. The Balaban J connectivity index is 2.76. The maximum Gasteiger partial charge on any atom is 0.269 e. The fraction of sp³-hybridized carbons (Fsp3) is 0.600. The summed E-state index contributed by atoms with van der Waals surface area (Å²) in [6, 6.07) is 6.67. The molecule has 5 nitrogen and oxygen atoms in total. The number of rotatable bonds is 8. The molecule has 1 aromatic carbocycles. The number of nitrogens with one attached hydrogen (secondary N) is 1. The van der Waals surface area contributed by atoms with E-state index in [1.54, 1.807) is 12.1 Å². The van der Waals surface area contributed by atoms with E-state index in [1.165, 1.54) is 6.07 Å². The fourth-order valence-electron chi connectivity index (χ4n) is 2.32. The number of hydrogen-bond donors (Lipinski definition) is 2. The Morgan fingerprint density at radius 2 is 2.15 bits per heavy atom. The highest BCUT2D eigenvalue weighted by molar-refractivity contribution is 5.35. The minimum atomic E-state index is -0.747. The van der Waals surface area contributed by atoms with Gasteiger partial charge in [-0.15, -0.1) is 0 Å². The number of aliphatic hydroxyl groups is 1. The quantitative estimate of drug-likeness (QED) is 0.566. The zero-order valence-electron chi connectivity index (χ0n) is 12.4. The van der Waals surface area contributed by atoms with Crippen LogP contribution in [0, 0.1) is 10.1 Å². The molecule has 0 spiro atoms. The molecule has 1 aromatic rings. The molecule has 112 valence electrons. The minimum Gasteiger partial charge on any atom is -0.389 e. The van der Waals surface area contributed by atoms with Crippen LogP contribution in [0.5, 0.6) is 0 Å². The van der Waals surface area contributed by atoms with Gasteiger partial charge in [-0.1, -0.05) is 32.4 Å². The van der Waals surface area contributed by atoms with Gasteiger partial charge < -0.3 is 10.4 Å². The van der Waals surface area contributed by atoms with Crippen LogP contribution in [0.2, 0.25) is 0 Å². The van der Waals surface area contributed by atoms with E-state index in [0.29, 0.717) is 6.54 Å². The molecule has 0 radical (unpaired) electrons. The van der Waals surface area contributed by atoms with E-state index in [2.05, 4.69) is 5.32 Å². The summed E-state index contributed by atoms with van der Waals surface area (Å²) in [5.74, 6) is 0. The number of nitro groups is 1. The van der Waals surface area contributed by atoms with Crippen molar-refractivity contribution in [3.05, 3.63) is 39.9 Å². The van der Waals surface area contributed by atoms with Crippen molar-refractivity contribution in [3.8, 4) is 0 Å². The molecule has 0 aliphatic carbocycles. The van der Waals surface area contributed by atoms with Gasteiger partial charge in [0.05, 0.1) is 10.5 Å². The number of nitrogens with zero attached hydrogens (tertiary/aromatic N) is 1. The third-order valence-corrected chi connectivity index (χ3v) is 3.41. The maximum absolute atomic E-state index is 10.8. The Kier molecular flexibility index (Phi) is 6.10. The van der Waals surface area contributed by atoms with Crippen LogP contribution in [0.4, 0.5) is 5.69 Å². The van der Waals surface area contributed by atoms with E-state index in [0.717, 1.165) is 24.8 Å². The van der Waals surface area contributed by atoms with Crippen molar-refractivity contribution < 1.29 is 10.0 Å². The lowest BCUT2D eigenvalue weighted by molar-refractivity contribution is -0.384. The van der Waals surface area contributed by atoms with Crippen molar-refractivity contribution >= 4 is 5.69 Å². The third kappa shape index (κ3) is 4.90. The Labute approximate surface area is 120 Å². The second-order valence-electron chi connectivity index (χ2n) is 5.44. The largest absolute Gasteiger partial charge is 0.389 e. The fourth-order valence-corrected chi connectivity index (χ4v) is 2.32. The molecule has 2 atom stereocenters. The van der Waals surface area contributed by atoms with E-state index in [1.807, 2.05) is 26.8 Å². The number of nitro benzene ring substituents is 1. The first-order valence-electron chi connectivity index (χ1n) is 7.09. The summed E-state index contributed by atoms with van der Waals surface area (Å²) >= 11 is 0. The predicted molar refractivity (Wildman–Crippen MR) is 79.7 cm³/mol. The van der Waals surface area contributed by atoms with Crippen LogP contribution < -0.4 is 5.32 Å². The average molecular weight is 280 g/mol. The molecule has 2 N–H and O–H groups in total. The zero-order chi connectivity index (χ0) is 15.2. The summed E-state index contributed by atoms with van der Waals surface area (Å²) in [5.41, 5.74) is 0.236. The van der Waals surface area contributed by atoms with Gasteiger partial charge in [0.2, 0.25) is 0 Å². The van der Waals surface area contributed by atoms with E-state index in [4.69, 9.17) is 0 Å². The maximum atomic E-state index is 10.8. The lowest BCUT2D eigenvalue weighted by atomic mass is 9.98. The van der Waals surface area contributed by atoms with Crippen LogP contribution >= 0.6 is 0 Å². The molecule has 0 aliphatic rings. The second kappa shape index (κ2) is 7.36. The van der Waals surface area contributed by atoms with E-state index < -0.39 is 5.60 Å². The first kappa shape index (κ1) is 16.6. The highest BCUT2D eigenvalue weighted by Crippen LogP contribution is 2.22. The Bertz CT molecular complexity index is 446. The van der Waals surface area contributed by atoms with E-state index >= 15 is 0 Å². The van der Waals surface area contributed by atoms with Crippen LogP contribution in [0.25, 0.3) is 0 Å². The average Bonchev–Trinajstić information content (AvgIpc) is 2.39. The zero-order valence-corrected chi connectivity index (χ0v) is 12.4. The molecule has 20 heavy (non-hydrogen) atoms. The van der Waals surface area contributed by atoms with Gasteiger partial charge in [-0.25, -0.2) is 0 Å². The molecule has 0 bridgehead atoms. The summed E-state index contributed by atoms with van der Waals surface area (Å²) in [6.45, 7) is 6.34. The van der Waals surface area contributed by atoms with Crippen LogP contribution in [0.15, 0.2) is 24.3 Å². The highest BCUT2D eigenvalue weighted by atomic mass is 16.6. The van der Waals surface area contributed by atoms with Crippen molar-refractivity contribution in [3.63, 3.8) is 0 Å². The molecule has 0 aliphatic heterocycles. The van der Waals surface area contributed by atoms with Gasteiger partial charge in [-0.3, -0.25) is 10.1 Å². The monoisotopic (exact) mass is 280 g/mol. The van der Waals surface area contributed by atoms with Gasteiger partial charge in [-0.05, 0) is 25.3 Å². The Hall–Kier alpha value is -1.46. The molecule has 0 amide bonds. The van der Waals surface area contributed by atoms with Crippen molar-refractivity contribution in [1.29, 1.82) is 0 Å². The SMILES string of the molecule is CCCC(C)(O)CNC(CC)c1cccc([N+](=O)[O-])c1. The molecule has 1 rings (SSSR count). The summed E-state index contributed by atoms with van der Waals surface area (Å²) in [7, 11) is 0. The lowest BCUT2D eigenvalue weighted by Gasteiger charge is -2.26. The highest BCUT2D eigenvalue weighted by Gasteiger charge is 2.21. The Morgan fingerprint density at radius 3 is 2.70 bits per heavy atom. The number of benzene rings is 1. The molecule has 0 saturated carbocycles. The van der Waals surface area contributed by atoms with Crippen molar-refractivity contribution in [2.45, 2.75) is 51.7 Å². The van der Waals surface area contributed by atoms with Crippen LogP contribution in [0.1, 0.15) is 51.6 Å². The molecule has 5 heteroatoms. The third-order valence-electron chi connectivity index (χ3n) is 3.41. The number of hydrogen-bond acceptors (Lipinski definition) is 4. The molecule has 0 fully saturated rings. The molecular weight excluding hydrogens is 256 g/mol. The van der Waals surface area contributed by atoms with Crippen molar-refractivity contribution in [1.82, 2.24) is 5.32 Å². The summed E-state index contributed by atoms with van der Waals surface area (Å²) in [5, 5.41) is 24.3. The van der Waals surface area contributed by atoms with Crippen LogP contribution in [-0.4, -0.2) is 22.2 Å². The molecule has 0 aromatic heterocycles. The van der Waals surface area contributed by atoms with Gasteiger partial charge in [-0.2, -0.15) is 0 Å². The van der Waals surface area contributed by atoms with Gasteiger partial charge in [0.25, 0.3) is 5.69 Å². The molecular formula is C15H24N2O3. The second-order valence-corrected chi connectivity index (χ2v) is 5.44. The van der Waals surface area contributed by atoms with E-state index in [-0.39, 0.29) is 16.7 Å². The van der Waals surface area contributed by atoms with Gasteiger partial charge in [0.15, 0.2) is 0 Å². The van der Waals surface area contributed by atoms with Gasteiger partial charge in [0.1, 0.15) is 0 Å². The standard InChI is InChI=1S/C15H24N2O3/c1-4-9-15(3,18)11-16-14(5-2)12-7-6-8-13(10-12)17(19)20/h6-8,10,14,16,18H,4-5,9,11H2,1-3H3. The molecule has 0 heterocycles. The topological polar surface area (TPSA) is 75.4 Å². The molecule has 2 unspecified atom stereocenters. The normalized spacial score (nSPS) is 15.6. The molecule has 0 saturated heterocycles. The van der Waals surface area contributed by atoms with Gasteiger partial charge >= 0.3 is 0 Å². The van der Waals surface area contributed by atoms with Gasteiger partial charge in [0, 0.05) is 24.7 Å². The summed E-state index contributed by atoms with van der Waals surface area (Å²) in [6.07, 6.45) is 2.46. The number of non-ortho nitro benzene ring substituents is 1. The minimum absolute atomic E-state index is 0.0123. The van der Waals surface area contributed by atoms with Crippen LogP contribution in [0.3, 0.4) is 0 Å². The lowest BCUT2D eigenvalue weighted by Crippen LogP contribution is -2.39. The van der Waals surface area contributed by atoms with Crippen LogP contribution in [-0.2, 0) is 0 Å². The first-order chi connectivity index (χ1) is 9.39. The van der Waals surface area contributed by atoms with Crippen molar-refractivity contribution in [2.75, 3.05) is 6.54 Å². The smallest absolute Gasteiger partial charge is 0.269 e. The van der Waals surface area contributed by atoms with E-state index in [9.17, 15) is 15.2 Å². The summed E-state index contributed by atoms with van der Waals surface area (Å²) in [4.78, 5) is 10.4. The summed E-state index contributed by atoms with van der Waals surface area (Å²) < 4.78 is 0.